The van der Waals surface area contributed by atoms with Crippen LogP contribution < -0.4 is 30.5 Å². The zero-order valence-electron chi connectivity index (χ0n) is 38.7. The number of imide groups is 1. The lowest BCUT2D eigenvalue weighted by Crippen LogP contribution is -2.56. The molecule has 0 spiro atoms. The van der Waals surface area contributed by atoms with Crippen molar-refractivity contribution in [2.75, 3.05) is 59.8 Å². The van der Waals surface area contributed by atoms with Crippen LogP contribution in [0.3, 0.4) is 0 Å². The molecule has 0 aliphatic carbocycles. The zero-order chi connectivity index (χ0) is 45.3. The lowest BCUT2D eigenvalue weighted by atomic mass is 9.72. The van der Waals surface area contributed by atoms with Gasteiger partial charge in [-0.1, -0.05) is 77.5 Å². The number of fused-ring (bicyclic) bond motifs is 2. The summed E-state index contributed by atoms with van der Waals surface area (Å²) in [6, 6.07) is 14.1. The number of para-hydroxylation sites is 1. The normalized spacial score (nSPS) is 19.1. The Labute approximate surface area is 373 Å². The summed E-state index contributed by atoms with van der Waals surface area (Å²) in [5.74, 6) is 0.643. The molecule has 63 heavy (non-hydrogen) atoms. The number of nitrogens with one attached hydrogen (secondary N) is 3. The number of aliphatic imine (C=N–C) groups is 1. The highest BCUT2D eigenvalue weighted by molar-refractivity contribution is 6.05. The van der Waals surface area contributed by atoms with Gasteiger partial charge in [-0.2, -0.15) is 5.10 Å². The molecule has 0 bridgehead atoms. The fraction of sp³-hybridized carbons (Fsp3) is 0.480. The number of hydrogen-bond acceptors (Lipinski definition) is 11. The number of nitrogens with zero attached hydrogens (tertiary/aromatic N) is 6. The first kappa shape index (κ1) is 46.5. The van der Waals surface area contributed by atoms with Gasteiger partial charge in [0.15, 0.2) is 0 Å². The maximum absolute atomic E-state index is 12.4. The first-order valence-corrected chi connectivity index (χ1v) is 22.8. The molecule has 6 heterocycles. The lowest BCUT2D eigenvalue weighted by molar-refractivity contribution is -0.134. The molecule has 13 nitrogen and oxygen atoms in total. The minimum absolute atomic E-state index is 0.153. The van der Waals surface area contributed by atoms with Crippen LogP contribution in [0.5, 0.6) is 5.88 Å². The summed E-state index contributed by atoms with van der Waals surface area (Å²) >= 11 is 0. The second kappa shape index (κ2) is 20.9. The maximum atomic E-state index is 12.4. The van der Waals surface area contributed by atoms with Crippen molar-refractivity contribution >= 4 is 57.0 Å². The summed E-state index contributed by atoms with van der Waals surface area (Å²) < 4.78 is 7.58. The first-order chi connectivity index (χ1) is 30.4. The van der Waals surface area contributed by atoms with E-state index in [4.69, 9.17) is 14.8 Å². The van der Waals surface area contributed by atoms with Gasteiger partial charge in [-0.15, -0.1) is 0 Å². The Morgan fingerprint density at radius 1 is 1.05 bits per heavy atom. The third-order valence-electron chi connectivity index (χ3n) is 12.3. The Morgan fingerprint density at radius 3 is 2.44 bits per heavy atom. The van der Waals surface area contributed by atoms with Crippen LogP contribution in [0.2, 0.25) is 0 Å². The van der Waals surface area contributed by atoms with Crippen LogP contribution in [0, 0.1) is 12.3 Å². The number of ketones is 1. The van der Waals surface area contributed by atoms with Crippen molar-refractivity contribution < 1.29 is 19.1 Å². The van der Waals surface area contributed by atoms with Gasteiger partial charge in [0.05, 0.1) is 47.0 Å². The molecule has 8 rings (SSSR count). The number of ether oxygens (including phenoxy) is 1. The van der Waals surface area contributed by atoms with E-state index in [1.807, 2.05) is 56.0 Å². The molecule has 1 unspecified atom stereocenters. The predicted molar refractivity (Wildman–Crippen MR) is 256 cm³/mol. The lowest BCUT2D eigenvalue weighted by Gasteiger charge is -2.52. The molecule has 4 aromatic rings. The van der Waals surface area contributed by atoms with Gasteiger partial charge >= 0.3 is 0 Å². The Bertz CT molecular complexity index is 2350. The van der Waals surface area contributed by atoms with Crippen LogP contribution in [0.1, 0.15) is 109 Å². The van der Waals surface area contributed by atoms with E-state index in [2.05, 4.69) is 89.3 Å². The SMILES string of the molecule is C=C(/N=C1/CN(c2cnc3c(c2C)NCCO3)CC/C1=C/C)Nc1ccc(CC(C)=O)cc1.CC.CCCC1(CCC)CN(c2cccc3c(C4CCC(=O)NC4=O)nn(C)c23)C1. The van der Waals surface area contributed by atoms with Crippen LogP contribution in [-0.2, 0) is 27.9 Å². The van der Waals surface area contributed by atoms with E-state index >= 15 is 0 Å². The smallest absolute Gasteiger partial charge is 0.237 e. The molecule has 336 valence electrons. The number of aryl methyl sites for hydroxylation is 1. The molecule has 0 saturated carbocycles. The van der Waals surface area contributed by atoms with Crippen molar-refractivity contribution in [3.63, 3.8) is 0 Å². The van der Waals surface area contributed by atoms with E-state index < -0.39 is 0 Å². The molecule has 3 fully saturated rings. The number of aromatic nitrogens is 3. The monoisotopic (exact) mass is 858 g/mol. The van der Waals surface area contributed by atoms with Crippen molar-refractivity contribution in [2.45, 2.75) is 106 Å². The third-order valence-corrected chi connectivity index (χ3v) is 12.3. The van der Waals surface area contributed by atoms with Gasteiger partial charge in [-0.05, 0) is 75.8 Å². The number of hydrogen-bond donors (Lipinski definition) is 3. The van der Waals surface area contributed by atoms with E-state index in [1.54, 1.807) is 6.92 Å². The van der Waals surface area contributed by atoms with Gasteiger partial charge in [-0.3, -0.25) is 24.4 Å². The van der Waals surface area contributed by atoms with Gasteiger partial charge in [0.25, 0.3) is 0 Å². The Morgan fingerprint density at radius 2 is 1.78 bits per heavy atom. The number of benzene rings is 2. The standard InChI is InChI=1S/C26H31N5O2.C22H30N4O2.C2H6/c1-5-21-10-12-31(24-15-28-26-25(18(24)3)27-11-13-33-26)16-23(21)30-19(4)29-22-8-6-20(7-9-22)14-17(2)32;1-4-11-22(12-5-2)13-26(14-22)17-8-6-7-15-19(24-25(3)20(15)17)16-9-10-18(27)23-21(16)28;1-2/h5-9,15,27,29H,4,10-14,16H2,1-3H3;6-8,16H,4-5,9-14H2,1-3H3,(H,23,27,28);1-2H3/b21-5-,30-23-;;. The number of piperidine rings is 2. The van der Waals surface area contributed by atoms with Crippen molar-refractivity contribution in [1.82, 2.24) is 20.1 Å². The number of amides is 2. The fourth-order valence-corrected chi connectivity index (χ4v) is 9.51. The molecule has 0 radical (unpaired) electrons. The Balaban J connectivity index is 0.000000204. The maximum Gasteiger partial charge on any atom is 0.237 e. The van der Waals surface area contributed by atoms with Crippen LogP contribution in [0.15, 0.2) is 77.7 Å². The quantitative estimate of drug-likeness (QED) is 0.118. The highest BCUT2D eigenvalue weighted by Crippen LogP contribution is 2.45. The van der Waals surface area contributed by atoms with Gasteiger partial charge in [0.2, 0.25) is 17.7 Å². The summed E-state index contributed by atoms with van der Waals surface area (Å²) in [5, 5.41) is 14.9. The Hall–Kier alpha value is -5.98. The molecule has 3 saturated heterocycles. The number of rotatable bonds is 12. The van der Waals surface area contributed by atoms with E-state index in [-0.39, 0.29) is 23.5 Å². The summed E-state index contributed by atoms with van der Waals surface area (Å²) in [5.41, 5.74) is 10.9. The van der Waals surface area contributed by atoms with E-state index in [0.29, 0.717) is 49.5 Å². The minimum Gasteiger partial charge on any atom is -0.474 e. The predicted octanol–water partition coefficient (Wildman–Crippen LogP) is 9.03. The average Bonchev–Trinajstić information content (AvgIpc) is 3.60. The van der Waals surface area contributed by atoms with Gasteiger partial charge < -0.3 is 25.2 Å². The number of allylic oxidation sites excluding steroid dienone is 1. The number of carbonyl (C=O) groups is 3. The topological polar surface area (TPSA) is 146 Å². The van der Waals surface area contributed by atoms with E-state index in [9.17, 15) is 14.4 Å². The second-order valence-corrected chi connectivity index (χ2v) is 17.0. The van der Waals surface area contributed by atoms with Gasteiger partial charge in [-0.25, -0.2) is 9.98 Å². The number of pyridine rings is 1. The van der Waals surface area contributed by atoms with Crippen LogP contribution in [0.4, 0.5) is 22.7 Å². The van der Waals surface area contributed by atoms with E-state index in [0.717, 1.165) is 83.1 Å². The molecule has 3 N–H and O–H groups in total. The van der Waals surface area contributed by atoms with Gasteiger partial charge in [0, 0.05) is 68.1 Å². The molecule has 1 atom stereocenters. The third kappa shape index (κ3) is 10.6. The van der Waals surface area contributed by atoms with Crippen molar-refractivity contribution in [2.24, 2.45) is 17.5 Å². The average molecular weight is 858 g/mol. The number of anilines is 4. The molecule has 2 amide bonds. The van der Waals surface area contributed by atoms with Crippen LogP contribution in [-0.4, -0.2) is 77.4 Å². The molecule has 13 heteroatoms. The molecule has 4 aliphatic heterocycles. The molecule has 2 aromatic heterocycles. The van der Waals surface area contributed by atoms with Crippen molar-refractivity contribution in [1.29, 1.82) is 0 Å². The Kier molecular flexibility index (Phi) is 15.5. The molecule has 2 aromatic carbocycles. The summed E-state index contributed by atoms with van der Waals surface area (Å²) in [6.07, 6.45) is 11.3. The first-order valence-electron chi connectivity index (χ1n) is 22.8. The van der Waals surface area contributed by atoms with Crippen molar-refractivity contribution in [3.8, 4) is 5.88 Å². The molecular weight excluding hydrogens is 791 g/mol. The molecular formula is C50H67N9O4. The van der Waals surface area contributed by atoms with E-state index in [1.165, 1.54) is 36.9 Å². The number of carbonyl (C=O) groups excluding carboxylic acids is 3. The largest absolute Gasteiger partial charge is 0.474 e. The van der Waals surface area contributed by atoms with Crippen LogP contribution >= 0.6 is 0 Å². The van der Waals surface area contributed by atoms with Crippen LogP contribution in [0.25, 0.3) is 10.9 Å². The minimum atomic E-state index is -0.354. The highest BCUT2D eigenvalue weighted by atomic mass is 16.5. The van der Waals surface area contributed by atoms with Crippen molar-refractivity contribution in [3.05, 3.63) is 89.5 Å². The fourth-order valence-electron chi connectivity index (χ4n) is 9.51. The van der Waals surface area contributed by atoms with Gasteiger partial charge in [0.1, 0.15) is 23.9 Å². The zero-order valence-corrected chi connectivity index (χ0v) is 38.7. The number of Topliss-reactive ketones (excluding diaryl/α,β-unsaturated/α-hetero) is 1. The second-order valence-electron chi connectivity index (χ2n) is 17.0. The summed E-state index contributed by atoms with van der Waals surface area (Å²) in [6.45, 7) is 23.6. The molecule has 4 aliphatic rings. The summed E-state index contributed by atoms with van der Waals surface area (Å²) in [4.78, 5) is 49.3. The summed E-state index contributed by atoms with van der Waals surface area (Å²) in [7, 11) is 1.95. The highest BCUT2D eigenvalue weighted by Gasteiger charge is 2.42.